The molecule has 3 aromatic carbocycles. The van der Waals surface area contributed by atoms with E-state index in [9.17, 15) is 9.90 Å². The van der Waals surface area contributed by atoms with Crippen LogP contribution in [0.15, 0.2) is 60.7 Å². The molecule has 0 spiro atoms. The van der Waals surface area contributed by atoms with Crippen molar-refractivity contribution in [2.24, 2.45) is 5.92 Å². The van der Waals surface area contributed by atoms with Crippen LogP contribution in [0, 0.1) is 5.92 Å². The first kappa shape index (κ1) is 23.6. The molecule has 1 aliphatic carbocycles. The maximum absolute atomic E-state index is 13.3. The Morgan fingerprint density at radius 3 is 2.71 bits per heavy atom. The van der Waals surface area contributed by atoms with Crippen LogP contribution < -0.4 is 14.8 Å². The molecule has 3 atom stereocenters. The number of methoxy groups -OCH3 is 2. The first-order chi connectivity index (χ1) is 17.0. The predicted molar refractivity (Wildman–Crippen MR) is 138 cm³/mol. The molecule has 3 aromatic rings. The van der Waals surface area contributed by atoms with Gasteiger partial charge in [0.25, 0.3) is 0 Å². The highest BCUT2D eigenvalue weighted by atomic mass is 16.5. The van der Waals surface area contributed by atoms with Crippen molar-refractivity contribution >= 4 is 22.4 Å². The number of anilines is 1. The normalized spacial score (nSPS) is 24.5. The molecule has 6 heteroatoms. The zero-order chi connectivity index (χ0) is 24.4. The minimum absolute atomic E-state index is 0.0395. The highest BCUT2D eigenvalue weighted by molar-refractivity contribution is 6.02. The van der Waals surface area contributed by atoms with E-state index in [-0.39, 0.29) is 24.4 Å². The number of amides is 1. The van der Waals surface area contributed by atoms with Gasteiger partial charge in [-0.05, 0) is 36.8 Å². The van der Waals surface area contributed by atoms with Gasteiger partial charge in [-0.25, -0.2) is 0 Å². The largest absolute Gasteiger partial charge is 0.497 e. The standard InChI is InChI=1S/C29H34N2O4/c1-34-21-13-14-23(26(18-21)35-2)28-24-11-5-6-15-29(24,33)16-17-31(28)19-27(32)30-25-12-7-9-20-8-3-4-10-22(20)25/h3-4,7-10,12-14,18,24,28,33H,5-6,11,15-17,19H2,1-2H3,(H,30,32)/t24-,28-,29-/m0/s1. The number of rotatable bonds is 6. The Kier molecular flexibility index (Phi) is 6.67. The smallest absolute Gasteiger partial charge is 0.238 e. The third kappa shape index (κ3) is 4.60. The van der Waals surface area contributed by atoms with Crippen molar-refractivity contribution in [2.75, 3.05) is 32.6 Å². The highest BCUT2D eigenvalue weighted by Gasteiger charge is 2.49. The Morgan fingerprint density at radius 2 is 1.89 bits per heavy atom. The zero-order valence-corrected chi connectivity index (χ0v) is 20.5. The molecular weight excluding hydrogens is 440 g/mol. The number of ether oxygens (including phenoxy) is 2. The van der Waals surface area contributed by atoms with Gasteiger partial charge in [0.15, 0.2) is 0 Å². The summed E-state index contributed by atoms with van der Waals surface area (Å²) in [6, 6.07) is 19.7. The van der Waals surface area contributed by atoms with Crippen LogP contribution in [0.5, 0.6) is 11.5 Å². The minimum atomic E-state index is -0.712. The van der Waals surface area contributed by atoms with E-state index in [0.29, 0.717) is 13.0 Å². The lowest BCUT2D eigenvalue weighted by atomic mass is 9.66. The Labute approximate surface area is 206 Å². The van der Waals surface area contributed by atoms with E-state index < -0.39 is 5.60 Å². The zero-order valence-electron chi connectivity index (χ0n) is 20.5. The molecule has 1 aliphatic heterocycles. The van der Waals surface area contributed by atoms with E-state index in [1.807, 2.05) is 60.7 Å². The number of hydrogen-bond acceptors (Lipinski definition) is 5. The second-order valence-electron chi connectivity index (χ2n) is 9.80. The third-order valence-corrected chi connectivity index (χ3v) is 7.84. The van der Waals surface area contributed by atoms with E-state index in [1.54, 1.807) is 14.2 Å². The lowest BCUT2D eigenvalue weighted by molar-refractivity contribution is -0.135. The van der Waals surface area contributed by atoms with Gasteiger partial charge in [-0.2, -0.15) is 0 Å². The van der Waals surface area contributed by atoms with Crippen molar-refractivity contribution in [1.29, 1.82) is 0 Å². The summed E-state index contributed by atoms with van der Waals surface area (Å²) in [4.78, 5) is 15.5. The summed E-state index contributed by atoms with van der Waals surface area (Å²) in [5, 5.41) is 16.9. The van der Waals surface area contributed by atoms with Gasteiger partial charge < -0.3 is 19.9 Å². The number of aliphatic hydroxyl groups is 1. The van der Waals surface area contributed by atoms with Crippen LogP contribution in [0.3, 0.4) is 0 Å². The maximum atomic E-state index is 13.3. The van der Waals surface area contributed by atoms with E-state index in [1.165, 1.54) is 0 Å². The Hall–Kier alpha value is -3.09. The van der Waals surface area contributed by atoms with Gasteiger partial charge >= 0.3 is 0 Å². The van der Waals surface area contributed by atoms with Crippen LogP contribution in [0.2, 0.25) is 0 Å². The lowest BCUT2D eigenvalue weighted by Crippen LogP contribution is -2.56. The lowest BCUT2D eigenvalue weighted by Gasteiger charge is -2.52. The quantitative estimate of drug-likeness (QED) is 0.516. The fourth-order valence-corrected chi connectivity index (χ4v) is 6.10. The fraction of sp³-hybridized carbons (Fsp3) is 0.414. The Bertz CT molecular complexity index is 1210. The van der Waals surface area contributed by atoms with Gasteiger partial charge in [0.05, 0.1) is 26.4 Å². The molecule has 0 aromatic heterocycles. The Morgan fingerprint density at radius 1 is 1.06 bits per heavy atom. The van der Waals surface area contributed by atoms with Crippen molar-refractivity contribution in [1.82, 2.24) is 4.90 Å². The number of likely N-dealkylation sites (tertiary alicyclic amines) is 1. The monoisotopic (exact) mass is 474 g/mol. The number of nitrogens with one attached hydrogen (secondary N) is 1. The Balaban J connectivity index is 1.45. The number of nitrogens with zero attached hydrogens (tertiary/aromatic N) is 1. The molecule has 1 saturated heterocycles. The fourth-order valence-electron chi connectivity index (χ4n) is 6.10. The summed E-state index contributed by atoms with van der Waals surface area (Å²) in [5.41, 5.74) is 1.10. The summed E-state index contributed by atoms with van der Waals surface area (Å²) in [7, 11) is 3.30. The van der Waals surface area contributed by atoms with Crippen molar-refractivity contribution in [3.8, 4) is 11.5 Å². The molecule has 0 radical (unpaired) electrons. The molecule has 1 amide bonds. The van der Waals surface area contributed by atoms with Gasteiger partial charge in [-0.3, -0.25) is 9.69 Å². The number of piperidine rings is 1. The molecule has 6 nitrogen and oxygen atoms in total. The molecule has 1 saturated carbocycles. The number of fused-ring (bicyclic) bond motifs is 2. The van der Waals surface area contributed by atoms with Crippen LogP contribution in [0.4, 0.5) is 5.69 Å². The molecule has 2 aliphatic rings. The van der Waals surface area contributed by atoms with Crippen molar-refractivity contribution in [3.05, 3.63) is 66.2 Å². The second kappa shape index (κ2) is 9.88. The van der Waals surface area contributed by atoms with Crippen LogP contribution in [-0.4, -0.2) is 48.8 Å². The average molecular weight is 475 g/mol. The third-order valence-electron chi connectivity index (χ3n) is 7.84. The van der Waals surface area contributed by atoms with Gasteiger partial charge in [-0.15, -0.1) is 0 Å². The summed E-state index contributed by atoms with van der Waals surface area (Å²) < 4.78 is 11.2. The van der Waals surface area contributed by atoms with Crippen LogP contribution in [0.1, 0.15) is 43.7 Å². The number of benzene rings is 3. The first-order valence-electron chi connectivity index (χ1n) is 12.5. The average Bonchev–Trinajstić information content (AvgIpc) is 2.88. The van der Waals surface area contributed by atoms with Crippen LogP contribution in [0.25, 0.3) is 10.8 Å². The highest BCUT2D eigenvalue weighted by Crippen LogP contribution is 2.51. The predicted octanol–water partition coefficient (Wildman–Crippen LogP) is 5.16. The summed E-state index contributed by atoms with van der Waals surface area (Å²) in [5.74, 6) is 1.43. The molecule has 1 heterocycles. The van der Waals surface area contributed by atoms with Gasteiger partial charge in [0.2, 0.25) is 5.91 Å². The van der Waals surface area contributed by atoms with Gasteiger partial charge in [0.1, 0.15) is 11.5 Å². The van der Waals surface area contributed by atoms with Crippen molar-refractivity contribution in [3.63, 3.8) is 0 Å². The molecule has 0 bridgehead atoms. The number of carbonyl (C=O) groups is 1. The maximum Gasteiger partial charge on any atom is 0.238 e. The van der Waals surface area contributed by atoms with E-state index in [2.05, 4.69) is 10.2 Å². The molecule has 2 N–H and O–H groups in total. The van der Waals surface area contributed by atoms with Gasteiger partial charge in [0, 0.05) is 41.2 Å². The molecule has 35 heavy (non-hydrogen) atoms. The molecular formula is C29H34N2O4. The van der Waals surface area contributed by atoms with Crippen molar-refractivity contribution < 1.29 is 19.4 Å². The SMILES string of the molecule is COc1ccc([C@H]2[C@@H]3CCCC[C@]3(O)CCN2CC(=O)Nc2cccc3ccccc23)c(OC)c1. The van der Waals surface area contributed by atoms with Gasteiger partial charge in [-0.1, -0.05) is 55.3 Å². The van der Waals surface area contributed by atoms with Crippen LogP contribution in [-0.2, 0) is 4.79 Å². The second-order valence-corrected chi connectivity index (χ2v) is 9.80. The number of carbonyl (C=O) groups excluding carboxylic acids is 1. The summed E-state index contributed by atoms with van der Waals surface area (Å²) in [6.07, 6.45) is 4.54. The topological polar surface area (TPSA) is 71.0 Å². The van der Waals surface area contributed by atoms with E-state index in [4.69, 9.17) is 9.47 Å². The summed E-state index contributed by atoms with van der Waals surface area (Å²) in [6.45, 7) is 0.894. The van der Waals surface area contributed by atoms with Crippen molar-refractivity contribution in [2.45, 2.75) is 43.7 Å². The van der Waals surface area contributed by atoms with E-state index >= 15 is 0 Å². The summed E-state index contributed by atoms with van der Waals surface area (Å²) >= 11 is 0. The molecule has 5 rings (SSSR count). The minimum Gasteiger partial charge on any atom is -0.497 e. The first-order valence-corrected chi connectivity index (χ1v) is 12.5. The molecule has 2 fully saturated rings. The molecule has 0 unspecified atom stereocenters. The van der Waals surface area contributed by atoms with E-state index in [0.717, 1.165) is 59.2 Å². The number of hydrogen-bond donors (Lipinski definition) is 2. The van der Waals surface area contributed by atoms with Crippen LogP contribution >= 0.6 is 0 Å². The molecule has 184 valence electrons.